The zero-order valence-corrected chi connectivity index (χ0v) is 23.2. The summed E-state index contributed by atoms with van der Waals surface area (Å²) in [6.45, 7) is 3.86. The summed E-state index contributed by atoms with van der Waals surface area (Å²) in [7, 11) is -4.08. The largest absolute Gasteiger partial charge is 0.490 e. The summed E-state index contributed by atoms with van der Waals surface area (Å²) >= 11 is 4.35. The van der Waals surface area contributed by atoms with Crippen LogP contribution < -0.4 is 14.2 Å². The van der Waals surface area contributed by atoms with Crippen molar-refractivity contribution in [3.05, 3.63) is 91.3 Å². The van der Waals surface area contributed by atoms with Crippen molar-refractivity contribution >= 4 is 66.3 Å². The summed E-state index contributed by atoms with van der Waals surface area (Å²) in [5.41, 5.74) is 1.81. The Balaban J connectivity index is 1.57. The highest BCUT2D eigenvalue weighted by Crippen LogP contribution is 2.35. The van der Waals surface area contributed by atoms with Crippen LogP contribution in [0, 0.1) is 17.0 Å². The number of benzene rings is 3. The summed E-state index contributed by atoms with van der Waals surface area (Å²) < 4.78 is 36.8. The number of nitro benzene ring substituents is 1. The zero-order chi connectivity index (χ0) is 27.4. The SMILES string of the molecule is CCOc1cc(/C=C2/SC(=Nc3ccc([N+](=O)[O-])cc3Br)NC2=O)ccc1OS(=O)(=O)c1ccc(C)cc1. The van der Waals surface area contributed by atoms with E-state index >= 15 is 0 Å². The number of aliphatic imine (C=N–C) groups is 1. The average Bonchev–Trinajstić information content (AvgIpc) is 3.20. The molecule has 0 unspecified atom stereocenters. The van der Waals surface area contributed by atoms with Crippen molar-refractivity contribution in [2.45, 2.75) is 18.7 Å². The molecule has 1 aliphatic rings. The number of carbonyl (C=O) groups is 1. The van der Waals surface area contributed by atoms with Crippen molar-refractivity contribution in [2.24, 2.45) is 4.99 Å². The Morgan fingerprint density at radius 1 is 1.11 bits per heavy atom. The number of rotatable bonds is 8. The molecule has 1 amide bonds. The quantitative estimate of drug-likeness (QED) is 0.146. The highest BCUT2D eigenvalue weighted by molar-refractivity contribution is 9.10. The van der Waals surface area contributed by atoms with Crippen LogP contribution in [0.15, 0.2) is 79.9 Å². The van der Waals surface area contributed by atoms with Crippen molar-refractivity contribution in [2.75, 3.05) is 6.61 Å². The van der Waals surface area contributed by atoms with Crippen LogP contribution in [-0.4, -0.2) is 31.0 Å². The molecule has 3 aromatic rings. The first kappa shape index (κ1) is 27.4. The molecule has 38 heavy (non-hydrogen) atoms. The maximum atomic E-state index is 12.7. The summed E-state index contributed by atoms with van der Waals surface area (Å²) in [5, 5.41) is 13.9. The Hall–Kier alpha value is -3.68. The van der Waals surface area contributed by atoms with Crippen LogP contribution in [0.25, 0.3) is 6.08 Å². The van der Waals surface area contributed by atoms with Crippen LogP contribution in [0.2, 0.25) is 0 Å². The van der Waals surface area contributed by atoms with Crippen molar-refractivity contribution in [3.63, 3.8) is 0 Å². The number of amidine groups is 1. The summed E-state index contributed by atoms with van der Waals surface area (Å²) in [5.74, 6) is -0.167. The smallest absolute Gasteiger partial charge is 0.339 e. The third-order valence-corrected chi connectivity index (χ3v) is 7.88. The van der Waals surface area contributed by atoms with E-state index in [0.717, 1.165) is 17.3 Å². The first-order chi connectivity index (χ1) is 18.1. The monoisotopic (exact) mass is 617 g/mol. The topological polar surface area (TPSA) is 137 Å². The minimum atomic E-state index is -4.08. The van der Waals surface area contributed by atoms with Gasteiger partial charge < -0.3 is 14.2 Å². The van der Waals surface area contributed by atoms with Gasteiger partial charge in [-0.3, -0.25) is 14.9 Å². The summed E-state index contributed by atoms with van der Waals surface area (Å²) in [4.78, 5) is 27.7. The molecule has 0 spiro atoms. The van der Waals surface area contributed by atoms with E-state index in [4.69, 9.17) is 8.92 Å². The molecule has 4 rings (SSSR count). The van der Waals surface area contributed by atoms with Gasteiger partial charge in [-0.15, -0.1) is 0 Å². The van der Waals surface area contributed by atoms with Gasteiger partial charge in [0, 0.05) is 12.1 Å². The second-order valence-electron chi connectivity index (χ2n) is 7.86. The molecule has 196 valence electrons. The minimum Gasteiger partial charge on any atom is -0.490 e. The molecule has 1 N–H and O–H groups in total. The maximum Gasteiger partial charge on any atom is 0.339 e. The lowest BCUT2D eigenvalue weighted by Crippen LogP contribution is -2.19. The Morgan fingerprint density at radius 3 is 2.50 bits per heavy atom. The van der Waals surface area contributed by atoms with Gasteiger partial charge in [-0.05, 0) is 83.5 Å². The van der Waals surface area contributed by atoms with Crippen LogP contribution in [0.5, 0.6) is 11.5 Å². The maximum absolute atomic E-state index is 12.7. The molecule has 3 aromatic carbocycles. The normalized spacial score (nSPS) is 15.5. The standard InChI is InChI=1S/C25H20BrN3O7S2/c1-3-35-22-12-16(6-11-21(22)36-38(33,34)18-8-4-15(2)5-9-18)13-23-24(30)28-25(37-23)27-20-10-7-17(29(31)32)14-19(20)26/h4-14H,3H2,1-2H3,(H,27,28,30)/b23-13+. The Morgan fingerprint density at radius 2 is 1.84 bits per heavy atom. The number of non-ortho nitro benzene ring substituents is 1. The lowest BCUT2D eigenvalue weighted by Gasteiger charge is -2.13. The molecule has 0 bridgehead atoms. The van der Waals surface area contributed by atoms with Gasteiger partial charge in [-0.1, -0.05) is 23.8 Å². The molecule has 1 fully saturated rings. The molecule has 0 radical (unpaired) electrons. The van der Waals surface area contributed by atoms with Crippen molar-refractivity contribution < 1.29 is 27.1 Å². The predicted octanol–water partition coefficient (Wildman–Crippen LogP) is 5.72. The van der Waals surface area contributed by atoms with Crippen molar-refractivity contribution in [1.82, 2.24) is 5.32 Å². The predicted molar refractivity (Wildman–Crippen MR) is 148 cm³/mol. The first-order valence-corrected chi connectivity index (χ1v) is 14.1. The molecule has 10 nitrogen and oxygen atoms in total. The van der Waals surface area contributed by atoms with Crippen LogP contribution in [0.3, 0.4) is 0 Å². The van der Waals surface area contributed by atoms with Gasteiger partial charge >= 0.3 is 10.1 Å². The Labute approximate surface area is 231 Å². The van der Waals surface area contributed by atoms with Crippen LogP contribution >= 0.6 is 27.7 Å². The molecule has 0 aromatic heterocycles. The zero-order valence-electron chi connectivity index (χ0n) is 20.0. The van der Waals surface area contributed by atoms with E-state index in [1.54, 1.807) is 37.3 Å². The van der Waals surface area contributed by atoms with E-state index in [9.17, 15) is 23.3 Å². The molecular weight excluding hydrogens is 598 g/mol. The molecule has 0 atom stereocenters. The van der Waals surface area contributed by atoms with Gasteiger partial charge in [0.05, 0.1) is 26.6 Å². The summed E-state index contributed by atoms with van der Waals surface area (Å²) in [6.07, 6.45) is 1.61. The molecule has 13 heteroatoms. The average molecular weight is 618 g/mol. The number of thioether (sulfide) groups is 1. The molecule has 0 saturated carbocycles. The number of ether oxygens (including phenoxy) is 1. The lowest BCUT2D eigenvalue weighted by atomic mass is 10.2. The van der Waals surface area contributed by atoms with E-state index in [1.165, 1.54) is 36.4 Å². The second-order valence-corrected chi connectivity index (χ2v) is 11.3. The molecule has 1 saturated heterocycles. The fourth-order valence-corrected chi connectivity index (χ4v) is 5.49. The minimum absolute atomic E-state index is 0.0160. The third kappa shape index (κ3) is 6.41. The van der Waals surface area contributed by atoms with E-state index in [1.807, 2.05) is 6.92 Å². The lowest BCUT2D eigenvalue weighted by molar-refractivity contribution is -0.384. The summed E-state index contributed by atoms with van der Waals surface area (Å²) in [6, 6.07) is 15.1. The Bertz CT molecular complexity index is 1590. The molecule has 1 heterocycles. The Kier molecular flexibility index (Phi) is 8.19. The van der Waals surface area contributed by atoms with Gasteiger partial charge in [0.15, 0.2) is 16.7 Å². The molecule has 0 aliphatic carbocycles. The fourth-order valence-electron chi connectivity index (χ4n) is 3.26. The fraction of sp³-hybridized carbons (Fsp3) is 0.120. The number of hydrogen-bond acceptors (Lipinski definition) is 9. The number of aryl methyl sites for hydroxylation is 1. The number of hydrogen-bond donors (Lipinski definition) is 1. The van der Waals surface area contributed by atoms with Gasteiger partial charge in [0.1, 0.15) is 4.90 Å². The third-order valence-electron chi connectivity index (χ3n) is 5.09. The van der Waals surface area contributed by atoms with Crippen LogP contribution in [0.4, 0.5) is 11.4 Å². The first-order valence-electron chi connectivity index (χ1n) is 11.1. The van der Waals surface area contributed by atoms with E-state index in [0.29, 0.717) is 25.8 Å². The molecule has 1 aliphatic heterocycles. The van der Waals surface area contributed by atoms with E-state index in [-0.39, 0.29) is 34.6 Å². The number of nitro groups is 1. The van der Waals surface area contributed by atoms with Gasteiger partial charge in [-0.25, -0.2) is 4.99 Å². The highest BCUT2D eigenvalue weighted by atomic mass is 79.9. The molecular formula is C25H20BrN3O7S2. The van der Waals surface area contributed by atoms with Crippen LogP contribution in [0.1, 0.15) is 18.1 Å². The number of halogens is 1. The van der Waals surface area contributed by atoms with Gasteiger partial charge in [0.2, 0.25) is 0 Å². The van der Waals surface area contributed by atoms with Crippen molar-refractivity contribution in [1.29, 1.82) is 0 Å². The number of amides is 1. The number of nitrogens with one attached hydrogen (secondary N) is 1. The van der Waals surface area contributed by atoms with Crippen molar-refractivity contribution in [3.8, 4) is 11.5 Å². The number of nitrogens with zero attached hydrogens (tertiary/aromatic N) is 2. The van der Waals surface area contributed by atoms with Crippen LogP contribution in [-0.2, 0) is 14.9 Å². The van der Waals surface area contributed by atoms with E-state index < -0.39 is 15.0 Å². The van der Waals surface area contributed by atoms with Gasteiger partial charge in [0.25, 0.3) is 11.6 Å². The van der Waals surface area contributed by atoms with Gasteiger partial charge in [-0.2, -0.15) is 8.42 Å². The van der Waals surface area contributed by atoms with E-state index in [2.05, 4.69) is 26.2 Å². The number of carbonyl (C=O) groups excluding carboxylic acids is 1. The highest BCUT2D eigenvalue weighted by Gasteiger charge is 2.25. The second kappa shape index (κ2) is 11.4.